The summed E-state index contributed by atoms with van der Waals surface area (Å²) < 4.78 is 0. The molecule has 1 atom stereocenters. The first-order valence-electron chi connectivity index (χ1n) is 4.45. The van der Waals surface area contributed by atoms with E-state index in [0.29, 0.717) is 6.42 Å². The van der Waals surface area contributed by atoms with Crippen LogP contribution in [0.2, 0.25) is 0 Å². The second-order valence-corrected chi connectivity index (χ2v) is 3.07. The molecule has 1 aromatic rings. The minimum atomic E-state index is 0.00679. The molecule has 0 aliphatic carbocycles. The Hall–Kier alpha value is -1.93. The van der Waals surface area contributed by atoms with Crippen molar-refractivity contribution >= 4 is 5.69 Å². The van der Waals surface area contributed by atoms with Gasteiger partial charge in [0.1, 0.15) is 0 Å². The lowest BCUT2D eigenvalue weighted by molar-refractivity contribution is 1.03. The quantitative estimate of drug-likeness (QED) is 0.731. The first-order chi connectivity index (χ1) is 6.76. The van der Waals surface area contributed by atoms with E-state index < -0.39 is 0 Å². The van der Waals surface area contributed by atoms with Crippen LogP contribution in [0.4, 0.5) is 5.69 Å². The fourth-order valence-electron chi connectivity index (χ4n) is 1.15. The zero-order valence-corrected chi connectivity index (χ0v) is 8.12. The standard InChI is InChI=1S/C12H12N2/c1-3-10(2)14-12-6-4-5-11(9-12)7-8-13/h1,4-6,9-10,14H,7H2,2H3. The Balaban J connectivity index is 2.75. The van der Waals surface area contributed by atoms with Gasteiger partial charge in [-0.15, -0.1) is 6.42 Å². The zero-order valence-electron chi connectivity index (χ0n) is 8.12. The molecule has 0 saturated carbocycles. The molecule has 0 radical (unpaired) electrons. The molecule has 2 nitrogen and oxygen atoms in total. The molecule has 0 aliphatic heterocycles. The van der Waals surface area contributed by atoms with Crippen molar-refractivity contribution in [1.29, 1.82) is 5.26 Å². The van der Waals surface area contributed by atoms with Crippen LogP contribution in [0.3, 0.4) is 0 Å². The molecule has 14 heavy (non-hydrogen) atoms. The monoisotopic (exact) mass is 184 g/mol. The Labute approximate surface area is 84.6 Å². The molecule has 0 spiro atoms. The van der Waals surface area contributed by atoms with E-state index in [1.807, 2.05) is 31.2 Å². The van der Waals surface area contributed by atoms with E-state index in [-0.39, 0.29) is 6.04 Å². The van der Waals surface area contributed by atoms with E-state index in [0.717, 1.165) is 11.3 Å². The van der Waals surface area contributed by atoms with Gasteiger partial charge in [-0.3, -0.25) is 0 Å². The van der Waals surface area contributed by atoms with Crippen molar-refractivity contribution in [3.8, 4) is 18.4 Å². The molecule has 1 N–H and O–H groups in total. The lowest BCUT2D eigenvalue weighted by Crippen LogP contribution is -2.11. The molecule has 1 rings (SSSR count). The Morgan fingerprint density at radius 3 is 3.00 bits per heavy atom. The summed E-state index contributed by atoms with van der Waals surface area (Å²) in [6, 6.07) is 9.84. The topological polar surface area (TPSA) is 35.8 Å². The fraction of sp³-hybridized carbons (Fsp3) is 0.250. The molecular formula is C12H12N2. The van der Waals surface area contributed by atoms with Crippen molar-refractivity contribution in [2.24, 2.45) is 0 Å². The minimum Gasteiger partial charge on any atom is -0.372 e. The number of nitriles is 1. The summed E-state index contributed by atoms with van der Waals surface area (Å²) in [4.78, 5) is 0. The molecule has 1 aromatic carbocycles. The second-order valence-electron chi connectivity index (χ2n) is 3.07. The number of hydrogen-bond acceptors (Lipinski definition) is 2. The highest BCUT2D eigenvalue weighted by atomic mass is 14.9. The minimum absolute atomic E-state index is 0.00679. The van der Waals surface area contributed by atoms with Gasteiger partial charge in [-0.05, 0) is 24.6 Å². The summed E-state index contributed by atoms with van der Waals surface area (Å²) in [6.45, 7) is 1.91. The van der Waals surface area contributed by atoms with Crippen LogP contribution in [0.1, 0.15) is 12.5 Å². The van der Waals surface area contributed by atoms with Crippen LogP contribution in [0.5, 0.6) is 0 Å². The van der Waals surface area contributed by atoms with E-state index in [4.69, 9.17) is 11.7 Å². The van der Waals surface area contributed by atoms with Gasteiger partial charge in [0.15, 0.2) is 0 Å². The highest BCUT2D eigenvalue weighted by Crippen LogP contribution is 2.11. The van der Waals surface area contributed by atoms with Crippen LogP contribution in [0.15, 0.2) is 24.3 Å². The first kappa shape index (κ1) is 10.2. The maximum atomic E-state index is 8.54. The van der Waals surface area contributed by atoms with Crippen LogP contribution in [-0.4, -0.2) is 6.04 Å². The third-order valence-corrected chi connectivity index (χ3v) is 1.84. The number of nitrogens with one attached hydrogen (secondary N) is 1. The summed E-state index contributed by atoms with van der Waals surface area (Å²) in [5.41, 5.74) is 1.96. The van der Waals surface area contributed by atoms with Gasteiger partial charge in [0.05, 0.1) is 18.5 Å². The number of benzene rings is 1. The van der Waals surface area contributed by atoms with Crippen molar-refractivity contribution in [3.63, 3.8) is 0 Å². The molecule has 0 aliphatic rings. The molecule has 0 fully saturated rings. The van der Waals surface area contributed by atoms with E-state index in [1.165, 1.54) is 0 Å². The molecule has 1 unspecified atom stereocenters. The number of anilines is 1. The van der Waals surface area contributed by atoms with Crippen LogP contribution in [0, 0.1) is 23.7 Å². The van der Waals surface area contributed by atoms with Crippen LogP contribution < -0.4 is 5.32 Å². The smallest absolute Gasteiger partial charge is 0.0845 e. The first-order valence-corrected chi connectivity index (χ1v) is 4.45. The van der Waals surface area contributed by atoms with Crippen LogP contribution in [0.25, 0.3) is 0 Å². The normalized spacial score (nSPS) is 11.1. The summed E-state index contributed by atoms with van der Waals surface area (Å²) in [5, 5.41) is 11.7. The van der Waals surface area contributed by atoms with Gasteiger partial charge in [-0.1, -0.05) is 18.1 Å². The Morgan fingerprint density at radius 2 is 2.36 bits per heavy atom. The van der Waals surface area contributed by atoms with Gasteiger partial charge >= 0.3 is 0 Å². The van der Waals surface area contributed by atoms with Gasteiger partial charge in [0.25, 0.3) is 0 Å². The van der Waals surface area contributed by atoms with Crippen LogP contribution in [-0.2, 0) is 6.42 Å². The SMILES string of the molecule is C#CC(C)Nc1cccc(CC#N)c1. The Morgan fingerprint density at radius 1 is 1.57 bits per heavy atom. The molecule has 70 valence electrons. The molecule has 0 heterocycles. The maximum absolute atomic E-state index is 8.54. The lowest BCUT2D eigenvalue weighted by Gasteiger charge is -2.09. The van der Waals surface area contributed by atoms with Crippen molar-refractivity contribution in [1.82, 2.24) is 0 Å². The molecule has 0 saturated heterocycles. The van der Waals surface area contributed by atoms with Gasteiger partial charge < -0.3 is 5.32 Å². The second kappa shape index (κ2) is 4.94. The number of terminal acetylenes is 1. The maximum Gasteiger partial charge on any atom is 0.0845 e. The van der Waals surface area contributed by atoms with Gasteiger partial charge in [-0.2, -0.15) is 5.26 Å². The molecule has 0 aromatic heterocycles. The fourth-order valence-corrected chi connectivity index (χ4v) is 1.15. The van der Waals surface area contributed by atoms with E-state index in [2.05, 4.69) is 17.3 Å². The van der Waals surface area contributed by atoms with Crippen molar-refractivity contribution in [3.05, 3.63) is 29.8 Å². The summed E-state index contributed by atoms with van der Waals surface area (Å²) >= 11 is 0. The summed E-state index contributed by atoms with van der Waals surface area (Å²) in [7, 11) is 0. The van der Waals surface area contributed by atoms with Gasteiger partial charge in [-0.25, -0.2) is 0 Å². The predicted molar refractivity (Wildman–Crippen MR) is 57.7 cm³/mol. The van der Waals surface area contributed by atoms with Crippen LogP contribution >= 0.6 is 0 Å². The summed E-state index contributed by atoms with van der Waals surface area (Å²) in [6.07, 6.45) is 5.68. The molecule has 0 amide bonds. The third kappa shape index (κ3) is 2.84. The highest BCUT2D eigenvalue weighted by Gasteiger charge is 1.98. The molecular weight excluding hydrogens is 172 g/mol. The number of nitrogens with zero attached hydrogens (tertiary/aromatic N) is 1. The number of rotatable bonds is 3. The largest absolute Gasteiger partial charge is 0.372 e. The van der Waals surface area contributed by atoms with E-state index >= 15 is 0 Å². The average Bonchev–Trinajstić information content (AvgIpc) is 2.19. The third-order valence-electron chi connectivity index (χ3n) is 1.84. The Bertz CT molecular complexity index is 382. The highest BCUT2D eigenvalue weighted by molar-refractivity contribution is 5.48. The zero-order chi connectivity index (χ0) is 10.4. The van der Waals surface area contributed by atoms with Crippen molar-refractivity contribution in [2.45, 2.75) is 19.4 Å². The van der Waals surface area contributed by atoms with Crippen molar-refractivity contribution in [2.75, 3.05) is 5.32 Å². The molecule has 2 heteroatoms. The Kier molecular flexibility index (Phi) is 3.58. The van der Waals surface area contributed by atoms with Gasteiger partial charge in [0.2, 0.25) is 0 Å². The lowest BCUT2D eigenvalue weighted by atomic mass is 10.1. The predicted octanol–water partition coefficient (Wildman–Crippen LogP) is 2.19. The van der Waals surface area contributed by atoms with Crippen molar-refractivity contribution < 1.29 is 0 Å². The molecule has 0 bridgehead atoms. The van der Waals surface area contributed by atoms with E-state index in [9.17, 15) is 0 Å². The average molecular weight is 184 g/mol. The van der Waals surface area contributed by atoms with E-state index in [1.54, 1.807) is 0 Å². The summed E-state index contributed by atoms with van der Waals surface area (Å²) in [5.74, 6) is 2.59. The number of hydrogen-bond donors (Lipinski definition) is 1. The van der Waals surface area contributed by atoms with Gasteiger partial charge in [0, 0.05) is 5.69 Å².